The van der Waals surface area contributed by atoms with Crippen molar-refractivity contribution in [2.45, 2.75) is 64.6 Å². The van der Waals surface area contributed by atoms with Crippen LogP contribution in [0.2, 0.25) is 0 Å². The zero-order chi connectivity index (χ0) is 22.6. The Morgan fingerprint density at radius 2 is 2.16 bits per heavy atom. The number of H-pyrrole nitrogens is 1. The van der Waals surface area contributed by atoms with Crippen LogP contribution in [-0.2, 0) is 16.0 Å². The van der Waals surface area contributed by atoms with Crippen molar-refractivity contribution in [1.29, 1.82) is 5.26 Å². The predicted octanol–water partition coefficient (Wildman–Crippen LogP) is 3.52. The lowest BCUT2D eigenvalue weighted by Crippen LogP contribution is -2.51. The van der Waals surface area contributed by atoms with Gasteiger partial charge in [-0.15, -0.1) is 0 Å². The van der Waals surface area contributed by atoms with Crippen molar-refractivity contribution in [3.63, 3.8) is 0 Å². The van der Waals surface area contributed by atoms with E-state index in [2.05, 4.69) is 16.4 Å². The summed E-state index contributed by atoms with van der Waals surface area (Å²) in [4.78, 5) is 30.6. The van der Waals surface area contributed by atoms with Crippen LogP contribution in [-0.4, -0.2) is 52.7 Å². The number of hydrogen-bond donors (Lipinski definition) is 2. The Labute approximate surface area is 182 Å². The number of fused-ring (bicyclic) bond motifs is 1. The topological polar surface area (TPSA) is 107 Å². The standard InChI is InChI=1S/C23H30N4O4/c1-5-30-17-8-9-19-18(12-17)15(14-25-19)11-20(26-22(29)31-23(2,3)4)21(28)27-10-6-7-16(27)13-24/h8-9,12,14,16,20,25H,5-7,10-11H2,1-4H3,(H,26,29). The first-order valence-electron chi connectivity index (χ1n) is 10.6. The first-order chi connectivity index (χ1) is 14.7. The number of carbonyl (C=O) groups is 2. The van der Waals surface area contributed by atoms with E-state index in [4.69, 9.17) is 9.47 Å². The number of ether oxygens (including phenoxy) is 2. The molecule has 1 aliphatic heterocycles. The normalized spacial score (nSPS) is 17.3. The minimum Gasteiger partial charge on any atom is -0.494 e. The number of alkyl carbamates (subject to hydrolysis) is 1. The van der Waals surface area contributed by atoms with E-state index in [1.807, 2.05) is 31.3 Å². The Bertz CT molecular complexity index is 986. The predicted molar refractivity (Wildman–Crippen MR) is 117 cm³/mol. The number of hydrogen-bond acceptors (Lipinski definition) is 5. The average Bonchev–Trinajstić information content (AvgIpc) is 3.32. The maximum Gasteiger partial charge on any atom is 0.408 e. The average molecular weight is 427 g/mol. The molecule has 2 aromatic rings. The van der Waals surface area contributed by atoms with Crippen molar-refractivity contribution in [2.24, 2.45) is 0 Å². The molecule has 0 spiro atoms. The second-order valence-electron chi connectivity index (χ2n) is 8.68. The van der Waals surface area contributed by atoms with Crippen molar-refractivity contribution < 1.29 is 19.1 Å². The lowest BCUT2D eigenvalue weighted by molar-refractivity contribution is -0.133. The fourth-order valence-electron chi connectivity index (χ4n) is 3.82. The van der Waals surface area contributed by atoms with Gasteiger partial charge in [0.25, 0.3) is 0 Å². The molecule has 2 amide bonds. The molecule has 8 nitrogen and oxygen atoms in total. The van der Waals surface area contributed by atoms with Gasteiger partial charge in [-0.25, -0.2) is 4.79 Å². The number of rotatable bonds is 6. The Morgan fingerprint density at radius 3 is 2.84 bits per heavy atom. The molecule has 166 valence electrons. The molecule has 1 aliphatic rings. The van der Waals surface area contributed by atoms with Gasteiger partial charge in [-0.3, -0.25) is 4.79 Å². The fourth-order valence-corrected chi connectivity index (χ4v) is 3.82. The summed E-state index contributed by atoms with van der Waals surface area (Å²) < 4.78 is 11.0. The van der Waals surface area contributed by atoms with Gasteiger partial charge in [0.15, 0.2) is 0 Å². The van der Waals surface area contributed by atoms with Gasteiger partial charge in [-0.1, -0.05) is 0 Å². The molecule has 1 saturated heterocycles. The van der Waals surface area contributed by atoms with Crippen LogP contribution in [0.4, 0.5) is 4.79 Å². The van der Waals surface area contributed by atoms with Crippen LogP contribution in [0.5, 0.6) is 5.75 Å². The molecular formula is C23H30N4O4. The summed E-state index contributed by atoms with van der Waals surface area (Å²) >= 11 is 0. The third-order valence-electron chi connectivity index (χ3n) is 5.15. The van der Waals surface area contributed by atoms with Crippen LogP contribution in [0.25, 0.3) is 10.9 Å². The van der Waals surface area contributed by atoms with E-state index in [9.17, 15) is 14.9 Å². The number of nitrogens with one attached hydrogen (secondary N) is 2. The molecule has 2 N–H and O–H groups in total. The van der Waals surface area contributed by atoms with E-state index >= 15 is 0 Å². The van der Waals surface area contributed by atoms with Crippen LogP contribution in [0.3, 0.4) is 0 Å². The van der Waals surface area contributed by atoms with Gasteiger partial charge >= 0.3 is 6.09 Å². The number of aromatic nitrogens is 1. The van der Waals surface area contributed by atoms with E-state index in [0.717, 1.165) is 28.6 Å². The minimum atomic E-state index is -0.849. The van der Waals surface area contributed by atoms with Gasteiger partial charge in [0.1, 0.15) is 23.4 Å². The first-order valence-corrected chi connectivity index (χ1v) is 10.6. The summed E-state index contributed by atoms with van der Waals surface area (Å²) in [6.45, 7) is 8.28. The highest BCUT2D eigenvalue weighted by Crippen LogP contribution is 2.26. The van der Waals surface area contributed by atoms with E-state index in [0.29, 0.717) is 19.6 Å². The monoisotopic (exact) mass is 426 g/mol. The quantitative estimate of drug-likeness (QED) is 0.735. The lowest BCUT2D eigenvalue weighted by Gasteiger charge is -2.27. The number of carbonyl (C=O) groups excluding carboxylic acids is 2. The maximum atomic E-state index is 13.3. The first kappa shape index (κ1) is 22.5. The molecule has 2 atom stereocenters. The van der Waals surface area contributed by atoms with Gasteiger partial charge in [-0.05, 0) is 64.3 Å². The number of nitrogens with zero attached hydrogens (tertiary/aromatic N) is 2. The molecule has 2 unspecified atom stereocenters. The Kier molecular flexibility index (Phi) is 6.74. The van der Waals surface area contributed by atoms with Crippen molar-refractivity contribution in [1.82, 2.24) is 15.2 Å². The summed E-state index contributed by atoms with van der Waals surface area (Å²) in [5, 5.41) is 13.1. The van der Waals surface area contributed by atoms with Gasteiger partial charge in [0, 0.05) is 30.1 Å². The molecule has 1 aromatic heterocycles. The summed E-state index contributed by atoms with van der Waals surface area (Å²) in [7, 11) is 0. The zero-order valence-electron chi connectivity index (χ0n) is 18.5. The molecule has 0 aliphatic carbocycles. The van der Waals surface area contributed by atoms with Crippen molar-refractivity contribution in [2.75, 3.05) is 13.2 Å². The van der Waals surface area contributed by atoms with E-state index < -0.39 is 23.8 Å². The Balaban J connectivity index is 1.88. The fraction of sp³-hybridized carbons (Fsp3) is 0.522. The second-order valence-corrected chi connectivity index (χ2v) is 8.68. The van der Waals surface area contributed by atoms with Crippen LogP contribution in [0, 0.1) is 11.3 Å². The van der Waals surface area contributed by atoms with Gasteiger partial charge < -0.3 is 24.7 Å². The van der Waals surface area contributed by atoms with Crippen LogP contribution < -0.4 is 10.1 Å². The van der Waals surface area contributed by atoms with Gasteiger partial charge in [0.05, 0.1) is 12.7 Å². The van der Waals surface area contributed by atoms with Crippen molar-refractivity contribution in [3.05, 3.63) is 30.0 Å². The molecule has 8 heteroatoms. The summed E-state index contributed by atoms with van der Waals surface area (Å²) in [5.74, 6) is 0.466. The highest BCUT2D eigenvalue weighted by Gasteiger charge is 2.35. The van der Waals surface area contributed by atoms with Crippen molar-refractivity contribution in [3.8, 4) is 11.8 Å². The number of aromatic amines is 1. The molecule has 1 aromatic carbocycles. The van der Waals surface area contributed by atoms with E-state index in [1.165, 1.54) is 0 Å². The van der Waals surface area contributed by atoms with Gasteiger partial charge in [-0.2, -0.15) is 5.26 Å². The lowest BCUT2D eigenvalue weighted by atomic mass is 10.0. The molecule has 1 fully saturated rings. The highest BCUT2D eigenvalue weighted by atomic mass is 16.6. The molecule has 0 saturated carbocycles. The van der Waals surface area contributed by atoms with E-state index in [1.54, 1.807) is 25.7 Å². The zero-order valence-corrected chi connectivity index (χ0v) is 18.5. The molecule has 2 heterocycles. The smallest absolute Gasteiger partial charge is 0.408 e. The highest BCUT2D eigenvalue weighted by molar-refractivity contribution is 5.89. The Hall–Kier alpha value is -3.21. The Morgan fingerprint density at radius 1 is 1.39 bits per heavy atom. The van der Waals surface area contributed by atoms with Crippen LogP contribution in [0.1, 0.15) is 46.1 Å². The number of likely N-dealkylation sites (tertiary alicyclic amines) is 1. The molecule has 0 bridgehead atoms. The number of nitriles is 1. The maximum absolute atomic E-state index is 13.3. The number of amides is 2. The second kappa shape index (κ2) is 9.29. The third kappa shape index (κ3) is 5.48. The molecular weight excluding hydrogens is 396 g/mol. The molecule has 0 radical (unpaired) electrons. The summed E-state index contributed by atoms with van der Waals surface area (Å²) in [6, 6.07) is 6.61. The van der Waals surface area contributed by atoms with Crippen molar-refractivity contribution >= 4 is 22.9 Å². The van der Waals surface area contributed by atoms with E-state index in [-0.39, 0.29) is 12.3 Å². The largest absolute Gasteiger partial charge is 0.494 e. The van der Waals surface area contributed by atoms with Crippen LogP contribution in [0.15, 0.2) is 24.4 Å². The van der Waals surface area contributed by atoms with Crippen LogP contribution >= 0.6 is 0 Å². The summed E-state index contributed by atoms with van der Waals surface area (Å²) in [6.07, 6.45) is 2.86. The molecule has 31 heavy (non-hydrogen) atoms. The molecule has 3 rings (SSSR count). The van der Waals surface area contributed by atoms with Gasteiger partial charge in [0.2, 0.25) is 5.91 Å². The SMILES string of the molecule is CCOc1ccc2[nH]cc(CC(NC(=O)OC(C)(C)C)C(=O)N3CCCC3C#N)c2c1. The minimum absolute atomic E-state index is 0.266. The summed E-state index contributed by atoms with van der Waals surface area (Å²) in [5.41, 5.74) is 1.10. The number of benzene rings is 1. The third-order valence-corrected chi connectivity index (χ3v) is 5.15.